The maximum absolute atomic E-state index is 10.7. The molecule has 1 aliphatic carbocycles. The van der Waals surface area contributed by atoms with Crippen LogP contribution in [0.25, 0.3) is 0 Å². The molecule has 0 bridgehead atoms. The van der Waals surface area contributed by atoms with E-state index in [1.807, 2.05) is 12.1 Å². The van der Waals surface area contributed by atoms with Gasteiger partial charge in [-0.05, 0) is 31.5 Å². The van der Waals surface area contributed by atoms with E-state index in [-0.39, 0.29) is 6.54 Å². The van der Waals surface area contributed by atoms with Gasteiger partial charge in [-0.25, -0.2) is 0 Å². The molecule has 0 saturated heterocycles. The lowest BCUT2D eigenvalue weighted by Gasteiger charge is -2.17. The average molecular weight is 306 g/mol. The van der Waals surface area contributed by atoms with Crippen LogP contribution in [0.4, 0.5) is 0 Å². The Kier molecular flexibility index (Phi) is 6.21. The molecule has 1 aromatic carbocycles. The smallest absolute Gasteiger partial charge is 0.317 e. The van der Waals surface area contributed by atoms with Gasteiger partial charge in [0.1, 0.15) is 5.75 Å². The highest BCUT2D eigenvalue weighted by atomic mass is 16.5. The van der Waals surface area contributed by atoms with Crippen molar-refractivity contribution in [2.75, 3.05) is 20.7 Å². The molecule has 1 aliphatic rings. The maximum Gasteiger partial charge on any atom is 0.317 e. The zero-order valence-electron chi connectivity index (χ0n) is 13.5. The van der Waals surface area contributed by atoms with Crippen molar-refractivity contribution in [2.45, 2.75) is 44.8 Å². The standard InChI is InChI=1S/C17H26N2O3/c1-19(12-17(20)21)11-13-7-8-14(16(9-13)22-2)10-18-15-5-3-4-6-15/h7-9,15,18H,3-6,10-12H2,1-2H3,(H,20,21). The first-order valence-corrected chi connectivity index (χ1v) is 7.88. The minimum Gasteiger partial charge on any atom is -0.496 e. The number of benzene rings is 1. The van der Waals surface area contributed by atoms with Crippen LogP contribution in [-0.4, -0.2) is 42.7 Å². The lowest BCUT2D eigenvalue weighted by atomic mass is 10.1. The summed E-state index contributed by atoms with van der Waals surface area (Å²) in [5.41, 5.74) is 2.21. The molecule has 1 fully saturated rings. The van der Waals surface area contributed by atoms with Gasteiger partial charge in [-0.15, -0.1) is 0 Å². The lowest BCUT2D eigenvalue weighted by Crippen LogP contribution is -2.26. The highest BCUT2D eigenvalue weighted by Crippen LogP contribution is 2.23. The number of rotatable bonds is 8. The molecule has 2 N–H and O–H groups in total. The number of carboxylic acids is 1. The van der Waals surface area contributed by atoms with E-state index in [1.54, 1.807) is 19.1 Å². The van der Waals surface area contributed by atoms with Gasteiger partial charge in [0, 0.05) is 24.7 Å². The van der Waals surface area contributed by atoms with Gasteiger partial charge in [-0.2, -0.15) is 0 Å². The molecule has 2 rings (SSSR count). The molecule has 5 heteroatoms. The number of carbonyl (C=O) groups is 1. The predicted octanol–water partition coefficient (Wildman–Crippen LogP) is 2.24. The Morgan fingerprint density at radius 3 is 2.77 bits per heavy atom. The van der Waals surface area contributed by atoms with Gasteiger partial charge < -0.3 is 15.2 Å². The van der Waals surface area contributed by atoms with E-state index in [1.165, 1.54) is 25.7 Å². The van der Waals surface area contributed by atoms with Crippen molar-refractivity contribution in [3.05, 3.63) is 29.3 Å². The summed E-state index contributed by atoms with van der Waals surface area (Å²) in [7, 11) is 3.48. The van der Waals surface area contributed by atoms with Crippen molar-refractivity contribution in [3.63, 3.8) is 0 Å². The third-order valence-electron chi connectivity index (χ3n) is 4.15. The van der Waals surface area contributed by atoms with Crippen molar-refractivity contribution in [1.82, 2.24) is 10.2 Å². The third-order valence-corrected chi connectivity index (χ3v) is 4.15. The molecule has 22 heavy (non-hydrogen) atoms. The molecule has 0 spiro atoms. The summed E-state index contributed by atoms with van der Waals surface area (Å²) in [6, 6.07) is 6.76. The molecule has 1 saturated carbocycles. The van der Waals surface area contributed by atoms with Crippen LogP contribution in [0.15, 0.2) is 18.2 Å². The second kappa shape index (κ2) is 8.15. The van der Waals surface area contributed by atoms with Crippen LogP contribution in [0.3, 0.4) is 0 Å². The third kappa shape index (κ3) is 5.00. The number of nitrogens with zero attached hydrogens (tertiary/aromatic N) is 1. The summed E-state index contributed by atoms with van der Waals surface area (Å²) in [4.78, 5) is 12.5. The zero-order chi connectivity index (χ0) is 15.9. The number of nitrogens with one attached hydrogen (secondary N) is 1. The molecular formula is C17H26N2O3. The van der Waals surface area contributed by atoms with E-state index >= 15 is 0 Å². The summed E-state index contributed by atoms with van der Waals surface area (Å²) < 4.78 is 5.49. The SMILES string of the molecule is COc1cc(CN(C)CC(=O)O)ccc1CNC1CCCC1. The van der Waals surface area contributed by atoms with Gasteiger partial charge in [0.15, 0.2) is 0 Å². The molecule has 0 aromatic heterocycles. The molecule has 0 radical (unpaired) electrons. The fraction of sp³-hybridized carbons (Fsp3) is 0.588. The van der Waals surface area contributed by atoms with E-state index < -0.39 is 5.97 Å². The molecule has 0 aliphatic heterocycles. The topological polar surface area (TPSA) is 61.8 Å². The van der Waals surface area contributed by atoms with E-state index in [2.05, 4.69) is 11.4 Å². The van der Waals surface area contributed by atoms with Crippen LogP contribution in [0.1, 0.15) is 36.8 Å². The van der Waals surface area contributed by atoms with Gasteiger partial charge in [0.25, 0.3) is 0 Å². The largest absolute Gasteiger partial charge is 0.496 e. The number of methoxy groups -OCH3 is 1. The fourth-order valence-electron chi connectivity index (χ4n) is 3.02. The molecule has 1 aromatic rings. The number of aliphatic carboxylic acids is 1. The van der Waals surface area contributed by atoms with Crippen LogP contribution in [0.5, 0.6) is 5.75 Å². The molecule has 0 heterocycles. The predicted molar refractivity (Wildman–Crippen MR) is 86.1 cm³/mol. The van der Waals surface area contributed by atoms with Crippen molar-refractivity contribution in [1.29, 1.82) is 0 Å². The summed E-state index contributed by atoms with van der Waals surface area (Å²) in [5.74, 6) is 0.0542. The summed E-state index contributed by atoms with van der Waals surface area (Å²) in [5, 5.41) is 12.4. The number of carboxylic acid groups (broad SMARTS) is 1. The molecular weight excluding hydrogens is 280 g/mol. The van der Waals surface area contributed by atoms with Crippen molar-refractivity contribution < 1.29 is 14.6 Å². The first-order chi connectivity index (χ1) is 10.6. The van der Waals surface area contributed by atoms with Gasteiger partial charge in [-0.1, -0.05) is 25.0 Å². The Labute approximate surface area is 132 Å². The highest BCUT2D eigenvalue weighted by Gasteiger charge is 2.15. The van der Waals surface area contributed by atoms with E-state index in [4.69, 9.17) is 9.84 Å². The summed E-state index contributed by atoms with van der Waals surface area (Å²) in [6.45, 7) is 1.45. The van der Waals surface area contributed by atoms with Crippen molar-refractivity contribution in [3.8, 4) is 5.75 Å². The van der Waals surface area contributed by atoms with Crippen molar-refractivity contribution >= 4 is 5.97 Å². The van der Waals surface area contributed by atoms with Crippen molar-refractivity contribution in [2.24, 2.45) is 0 Å². The van der Waals surface area contributed by atoms with Crippen LogP contribution < -0.4 is 10.1 Å². The average Bonchev–Trinajstić information content (AvgIpc) is 2.98. The molecule has 5 nitrogen and oxygen atoms in total. The molecule has 0 atom stereocenters. The molecule has 0 amide bonds. The first kappa shape index (κ1) is 16.8. The second-order valence-corrected chi connectivity index (χ2v) is 6.07. The zero-order valence-corrected chi connectivity index (χ0v) is 13.5. The van der Waals surface area contributed by atoms with Crippen LogP contribution in [0.2, 0.25) is 0 Å². The highest BCUT2D eigenvalue weighted by molar-refractivity contribution is 5.69. The first-order valence-electron chi connectivity index (χ1n) is 7.88. The van der Waals surface area contributed by atoms with E-state index in [0.29, 0.717) is 12.6 Å². The van der Waals surface area contributed by atoms with Gasteiger partial charge in [0.2, 0.25) is 0 Å². The van der Waals surface area contributed by atoms with E-state index in [9.17, 15) is 4.79 Å². The quantitative estimate of drug-likeness (QED) is 0.771. The van der Waals surface area contributed by atoms with Crippen LogP contribution in [-0.2, 0) is 17.9 Å². The number of hydrogen-bond donors (Lipinski definition) is 2. The number of hydrogen-bond acceptors (Lipinski definition) is 4. The molecule has 122 valence electrons. The van der Waals surface area contributed by atoms with Gasteiger partial charge in [0.05, 0.1) is 13.7 Å². The van der Waals surface area contributed by atoms with Crippen LogP contribution >= 0.6 is 0 Å². The lowest BCUT2D eigenvalue weighted by molar-refractivity contribution is -0.138. The Bertz CT molecular complexity index is 499. The summed E-state index contributed by atoms with van der Waals surface area (Å²) in [6.07, 6.45) is 5.17. The Balaban J connectivity index is 1.95. The minimum absolute atomic E-state index is 0.0350. The Hall–Kier alpha value is -1.59. The minimum atomic E-state index is -0.813. The van der Waals surface area contributed by atoms with E-state index in [0.717, 1.165) is 23.4 Å². The normalized spacial score (nSPS) is 15.4. The van der Waals surface area contributed by atoms with Gasteiger partial charge >= 0.3 is 5.97 Å². The Morgan fingerprint density at radius 1 is 1.41 bits per heavy atom. The maximum atomic E-state index is 10.7. The van der Waals surface area contributed by atoms with Gasteiger partial charge in [-0.3, -0.25) is 9.69 Å². The van der Waals surface area contributed by atoms with Crippen LogP contribution in [0, 0.1) is 0 Å². The number of likely N-dealkylation sites (N-methyl/N-ethyl adjacent to an activating group) is 1. The second-order valence-electron chi connectivity index (χ2n) is 6.07. The summed E-state index contributed by atoms with van der Waals surface area (Å²) >= 11 is 0. The fourth-order valence-corrected chi connectivity index (χ4v) is 3.02. The number of ether oxygens (including phenoxy) is 1. The Morgan fingerprint density at radius 2 is 2.14 bits per heavy atom. The molecule has 0 unspecified atom stereocenters. The monoisotopic (exact) mass is 306 g/mol.